The number of carbonyl (C=O) groups is 2. The molecule has 0 atom stereocenters. The molecule has 0 saturated heterocycles. The molecular weight excluding hydrogens is 832 g/mol. The topological polar surface area (TPSA) is 66.4 Å². The Balaban J connectivity index is 1.39. The molecule has 9 rings (SSSR count). The molecule has 0 saturated carbocycles. The fraction of sp³-hybridized carbons (Fsp3) is 0.250. The van der Waals surface area contributed by atoms with Gasteiger partial charge in [0.15, 0.2) is 23.2 Å². The molecule has 0 N–H and O–H groups in total. The quantitative estimate of drug-likeness (QED) is 0.122. The summed E-state index contributed by atoms with van der Waals surface area (Å²) in [4.78, 5) is 43.8. The first kappa shape index (κ1) is 43.2. The van der Waals surface area contributed by atoms with E-state index < -0.39 is 0 Å². The van der Waals surface area contributed by atoms with Crippen molar-refractivity contribution in [3.8, 4) is 11.1 Å². The molecule has 0 unspecified atom stereocenters. The van der Waals surface area contributed by atoms with Gasteiger partial charge in [-0.15, -0.1) is 0 Å². The van der Waals surface area contributed by atoms with Gasteiger partial charge in [-0.3, -0.25) is 19.4 Å². The van der Waals surface area contributed by atoms with E-state index in [0.717, 1.165) is 44.2 Å². The SMILES string of the molecule is CC(C)c1cccc(C(C)C)c1N1/C(=C\C=C2C(=O)c3cc4ccccc4cc3C2=O)N(c2c(Cl)cc(Cl)cc2-c2cc(C(C)(C)C)cc(C(C)(C)C)c2)c2nc3ccccc3nc21. The lowest BCUT2D eigenvalue weighted by molar-refractivity contribution is 0.0988. The maximum absolute atomic E-state index is 14.4. The number of halogens is 2. The van der Waals surface area contributed by atoms with Gasteiger partial charge in [0.05, 0.1) is 33.0 Å². The molecule has 2 aliphatic rings. The lowest BCUT2D eigenvalue weighted by atomic mass is 9.78. The molecule has 7 aromatic rings. The van der Waals surface area contributed by atoms with Gasteiger partial charge < -0.3 is 0 Å². The summed E-state index contributed by atoms with van der Waals surface area (Å²) < 4.78 is 0. The maximum atomic E-state index is 14.4. The maximum Gasteiger partial charge on any atom is 0.197 e. The van der Waals surface area contributed by atoms with Gasteiger partial charge in [0, 0.05) is 21.7 Å². The number of rotatable bonds is 6. The number of benzene rings is 6. The van der Waals surface area contributed by atoms with Crippen molar-refractivity contribution in [2.45, 2.75) is 91.9 Å². The summed E-state index contributed by atoms with van der Waals surface area (Å²) >= 11 is 14.6. The molecule has 0 amide bonds. The minimum absolute atomic E-state index is 0.0797. The molecular formula is C56H52Cl2N4O2. The van der Waals surface area contributed by atoms with Crippen LogP contribution in [0.5, 0.6) is 0 Å². The van der Waals surface area contributed by atoms with E-state index in [0.29, 0.717) is 49.8 Å². The van der Waals surface area contributed by atoms with Crippen molar-refractivity contribution in [1.82, 2.24) is 9.97 Å². The molecule has 0 bridgehead atoms. The predicted molar refractivity (Wildman–Crippen MR) is 267 cm³/mol. The van der Waals surface area contributed by atoms with Crippen LogP contribution in [0, 0.1) is 0 Å². The van der Waals surface area contributed by atoms with Crippen LogP contribution in [0.3, 0.4) is 0 Å². The highest BCUT2D eigenvalue weighted by Crippen LogP contribution is 2.55. The molecule has 0 radical (unpaired) electrons. The Morgan fingerprint density at radius 3 is 1.52 bits per heavy atom. The second-order valence-electron chi connectivity index (χ2n) is 19.7. The van der Waals surface area contributed by atoms with Crippen LogP contribution in [0.1, 0.15) is 124 Å². The fourth-order valence-electron chi connectivity index (χ4n) is 8.94. The smallest absolute Gasteiger partial charge is 0.197 e. The van der Waals surface area contributed by atoms with E-state index >= 15 is 0 Å². The number of para-hydroxylation sites is 3. The Hall–Kier alpha value is -6.08. The average molecular weight is 884 g/mol. The number of ketones is 2. The van der Waals surface area contributed by atoms with E-state index in [9.17, 15) is 9.59 Å². The number of fused-ring (bicyclic) bond motifs is 4. The molecule has 322 valence electrons. The minimum Gasteiger partial charge on any atom is -0.288 e. The third-order valence-corrected chi connectivity index (χ3v) is 13.0. The largest absolute Gasteiger partial charge is 0.288 e. The van der Waals surface area contributed by atoms with Crippen molar-refractivity contribution < 1.29 is 9.59 Å². The Morgan fingerprint density at radius 1 is 0.547 bits per heavy atom. The van der Waals surface area contributed by atoms with Gasteiger partial charge >= 0.3 is 0 Å². The molecule has 6 aromatic carbocycles. The van der Waals surface area contributed by atoms with E-state index in [1.54, 1.807) is 12.1 Å². The van der Waals surface area contributed by atoms with Crippen LogP contribution in [-0.2, 0) is 10.8 Å². The molecule has 0 fully saturated rings. The zero-order chi connectivity index (χ0) is 45.6. The van der Waals surface area contributed by atoms with Crippen molar-refractivity contribution in [2.75, 3.05) is 9.80 Å². The van der Waals surface area contributed by atoms with Crippen molar-refractivity contribution in [1.29, 1.82) is 0 Å². The molecule has 1 aliphatic carbocycles. The first-order chi connectivity index (χ1) is 30.3. The van der Waals surface area contributed by atoms with Crippen molar-refractivity contribution in [3.63, 3.8) is 0 Å². The Bertz CT molecular complexity index is 3050. The summed E-state index contributed by atoms with van der Waals surface area (Å²) in [5.41, 5.74) is 9.84. The number of carbonyl (C=O) groups excluding carboxylic acids is 2. The predicted octanol–water partition coefficient (Wildman–Crippen LogP) is 15.7. The van der Waals surface area contributed by atoms with Crippen LogP contribution in [0.15, 0.2) is 133 Å². The van der Waals surface area contributed by atoms with Crippen LogP contribution in [0.2, 0.25) is 10.0 Å². The summed E-state index contributed by atoms with van der Waals surface area (Å²) in [6.45, 7) is 22.1. The lowest BCUT2D eigenvalue weighted by Crippen LogP contribution is -2.25. The number of aromatic nitrogens is 2. The van der Waals surface area contributed by atoms with E-state index in [1.165, 1.54) is 11.1 Å². The van der Waals surface area contributed by atoms with Gasteiger partial charge in [0.2, 0.25) is 0 Å². The summed E-state index contributed by atoms with van der Waals surface area (Å²) in [6.07, 6.45) is 3.54. The van der Waals surface area contributed by atoms with Gasteiger partial charge in [0.25, 0.3) is 0 Å². The molecule has 64 heavy (non-hydrogen) atoms. The number of anilines is 4. The van der Waals surface area contributed by atoms with E-state index in [-0.39, 0.29) is 39.8 Å². The second kappa shape index (κ2) is 15.9. The lowest BCUT2D eigenvalue weighted by Gasteiger charge is -2.31. The third-order valence-electron chi connectivity index (χ3n) is 12.5. The first-order valence-corrected chi connectivity index (χ1v) is 22.8. The van der Waals surface area contributed by atoms with Gasteiger partial charge in [-0.1, -0.05) is 165 Å². The standard InChI is InChI=1S/C56H52Cl2N4O2/c1-31(2)39-18-15-19-40(32(3)4)49(39)61-48(23-22-41-51(63)43-26-33-16-11-12-17-34(33)27-44(43)52(41)64)62(54-53(61)59-46-20-13-14-21-47(46)60-54)50-42(29-38(57)30-45(50)58)35-24-36(55(5,6)7)28-37(25-35)56(8,9)10/h11-32H,1-10H3/b48-23+. The average Bonchev–Trinajstić information content (AvgIpc) is 3.67. The molecule has 6 nitrogen and oxygen atoms in total. The van der Waals surface area contributed by atoms with Gasteiger partial charge in [-0.05, 0) is 110 Å². The summed E-state index contributed by atoms with van der Waals surface area (Å²) in [5.74, 6) is 1.34. The van der Waals surface area contributed by atoms with Crippen molar-refractivity contribution >= 4 is 79.6 Å². The van der Waals surface area contributed by atoms with Crippen LogP contribution in [0.4, 0.5) is 23.0 Å². The Kier molecular flexibility index (Phi) is 10.7. The van der Waals surface area contributed by atoms with Crippen molar-refractivity contribution in [3.05, 3.63) is 176 Å². The number of allylic oxidation sites excluding steroid dienone is 3. The summed E-state index contributed by atoms with van der Waals surface area (Å²) in [7, 11) is 0. The number of hydrogen-bond acceptors (Lipinski definition) is 6. The number of nitrogens with zero attached hydrogens (tertiary/aromatic N) is 4. The summed E-state index contributed by atoms with van der Waals surface area (Å²) in [5, 5.41) is 2.68. The highest BCUT2D eigenvalue weighted by atomic mass is 35.5. The highest BCUT2D eigenvalue weighted by molar-refractivity contribution is 6.40. The summed E-state index contributed by atoms with van der Waals surface area (Å²) in [6, 6.07) is 36.2. The minimum atomic E-state index is -0.317. The van der Waals surface area contributed by atoms with Crippen LogP contribution >= 0.6 is 23.2 Å². The van der Waals surface area contributed by atoms with Crippen LogP contribution in [0.25, 0.3) is 32.9 Å². The Morgan fingerprint density at radius 2 is 1.03 bits per heavy atom. The van der Waals surface area contributed by atoms with Gasteiger partial charge in [-0.2, -0.15) is 0 Å². The molecule has 1 aromatic heterocycles. The van der Waals surface area contributed by atoms with E-state index in [1.807, 2.05) is 77.7 Å². The van der Waals surface area contributed by atoms with E-state index in [4.69, 9.17) is 33.2 Å². The zero-order valence-corrected chi connectivity index (χ0v) is 39.6. The van der Waals surface area contributed by atoms with Gasteiger partial charge in [-0.25, -0.2) is 9.97 Å². The van der Waals surface area contributed by atoms with Crippen LogP contribution < -0.4 is 9.80 Å². The molecule has 8 heteroatoms. The number of Topliss-reactive ketones (excluding diaryl/α,β-unsaturated/α-hetero) is 2. The third kappa shape index (κ3) is 7.41. The van der Waals surface area contributed by atoms with Crippen molar-refractivity contribution in [2.24, 2.45) is 0 Å². The zero-order valence-electron chi connectivity index (χ0n) is 38.1. The second-order valence-corrected chi connectivity index (χ2v) is 20.6. The highest BCUT2D eigenvalue weighted by Gasteiger charge is 2.42. The van der Waals surface area contributed by atoms with Crippen LogP contribution in [-0.4, -0.2) is 21.5 Å². The monoisotopic (exact) mass is 882 g/mol. The van der Waals surface area contributed by atoms with Gasteiger partial charge in [0.1, 0.15) is 5.82 Å². The Labute approximate surface area is 386 Å². The van der Waals surface area contributed by atoms with E-state index in [2.05, 4.69) is 111 Å². The number of hydrogen-bond donors (Lipinski definition) is 0. The molecule has 2 heterocycles. The molecule has 0 spiro atoms. The first-order valence-electron chi connectivity index (χ1n) is 22.0. The fourth-order valence-corrected chi connectivity index (χ4v) is 9.52. The molecule has 1 aliphatic heterocycles. The normalized spacial score (nSPS) is 14.8.